The number of thioether (sulfide) groups is 1. The number of allylic oxidation sites excluding steroid dienone is 3. The van der Waals surface area contributed by atoms with Crippen molar-refractivity contribution in [3.63, 3.8) is 0 Å². The molecule has 5 aliphatic rings. The number of aliphatic hydroxyl groups is 2. The van der Waals surface area contributed by atoms with E-state index < -0.39 is 37.0 Å². The summed E-state index contributed by atoms with van der Waals surface area (Å²) >= 11 is 1.63. The van der Waals surface area contributed by atoms with Crippen LogP contribution >= 0.6 is 11.8 Å². The van der Waals surface area contributed by atoms with E-state index >= 15 is 0 Å². The minimum Gasteiger partial charge on any atom is -0.393 e. The number of amidine groups is 2. The first-order valence-corrected chi connectivity index (χ1v) is 13.7. The van der Waals surface area contributed by atoms with Crippen LogP contribution in [0, 0.1) is 5.92 Å². The van der Waals surface area contributed by atoms with Crippen molar-refractivity contribution < 1.29 is 28.1 Å². The molecule has 2 saturated carbocycles. The van der Waals surface area contributed by atoms with Gasteiger partial charge in [0.25, 0.3) is 0 Å². The van der Waals surface area contributed by atoms with Crippen LogP contribution in [0.4, 0.5) is 13.2 Å². The molecule has 0 amide bonds. The van der Waals surface area contributed by atoms with Gasteiger partial charge in [0.2, 0.25) is 0 Å². The fourth-order valence-corrected chi connectivity index (χ4v) is 6.00. The predicted octanol–water partition coefficient (Wildman–Crippen LogP) is 2.15. The molecule has 2 heterocycles. The number of fused-ring (bicyclic) bond motifs is 1. The molecule has 3 aliphatic carbocycles. The Labute approximate surface area is 213 Å². The highest BCUT2D eigenvalue weighted by Crippen LogP contribution is 2.45. The van der Waals surface area contributed by atoms with Gasteiger partial charge in [-0.1, -0.05) is 30.3 Å². The smallest absolute Gasteiger partial charge is 0.163 e. The van der Waals surface area contributed by atoms with Gasteiger partial charge in [0.05, 0.1) is 31.5 Å². The van der Waals surface area contributed by atoms with Crippen molar-refractivity contribution in [2.24, 2.45) is 15.9 Å². The third-order valence-electron chi connectivity index (χ3n) is 7.33. The van der Waals surface area contributed by atoms with Gasteiger partial charge in [-0.15, -0.1) is 0 Å². The lowest BCUT2D eigenvalue weighted by molar-refractivity contribution is -0.0526. The summed E-state index contributed by atoms with van der Waals surface area (Å²) in [5.41, 5.74) is 4.33. The third-order valence-corrected chi connectivity index (χ3v) is 8.43. The molecule has 12 heteroatoms. The van der Waals surface area contributed by atoms with Crippen molar-refractivity contribution >= 4 is 22.8 Å². The summed E-state index contributed by atoms with van der Waals surface area (Å²) < 4.78 is 46.1. The number of ether oxygens (including phenoxy) is 1. The molecule has 4 unspecified atom stereocenters. The van der Waals surface area contributed by atoms with E-state index in [2.05, 4.69) is 17.7 Å². The van der Waals surface area contributed by atoms with Crippen molar-refractivity contribution in [2.75, 3.05) is 19.0 Å². The van der Waals surface area contributed by atoms with Crippen LogP contribution in [0.1, 0.15) is 39.0 Å². The van der Waals surface area contributed by atoms with E-state index in [9.17, 15) is 18.3 Å². The summed E-state index contributed by atoms with van der Waals surface area (Å²) in [5, 5.41) is 25.5. The van der Waals surface area contributed by atoms with E-state index in [1.54, 1.807) is 17.8 Å². The largest absolute Gasteiger partial charge is 0.393 e. The first kappa shape index (κ1) is 26.2. The average molecular weight is 530 g/mol. The van der Waals surface area contributed by atoms with E-state index in [1.165, 1.54) is 6.08 Å². The average Bonchev–Trinajstić information content (AvgIpc) is 3.52. The van der Waals surface area contributed by atoms with Gasteiger partial charge in [-0.05, 0) is 31.8 Å². The summed E-state index contributed by atoms with van der Waals surface area (Å²) in [6.45, 7) is 1.25. The van der Waals surface area contributed by atoms with Crippen molar-refractivity contribution in [1.29, 1.82) is 0 Å². The Morgan fingerprint density at radius 2 is 2.17 bits per heavy atom. The van der Waals surface area contributed by atoms with Crippen LogP contribution in [0.15, 0.2) is 33.5 Å². The second-order valence-electron chi connectivity index (χ2n) is 10.1. The molecule has 8 nitrogen and oxygen atoms in total. The number of aliphatic hydroxyl groups excluding tert-OH is 2. The van der Waals surface area contributed by atoms with Gasteiger partial charge in [0.1, 0.15) is 30.0 Å². The lowest BCUT2D eigenvalue weighted by atomic mass is 9.98. The van der Waals surface area contributed by atoms with Gasteiger partial charge in [0.15, 0.2) is 11.3 Å². The minimum atomic E-state index is -1.56. The fourth-order valence-electron chi connectivity index (χ4n) is 5.25. The quantitative estimate of drug-likeness (QED) is 0.363. The highest BCUT2D eigenvalue weighted by molar-refractivity contribution is 8.13. The summed E-state index contributed by atoms with van der Waals surface area (Å²) in [7, 11) is 0. The molecule has 5 rings (SSSR count). The zero-order chi connectivity index (χ0) is 25.4. The Morgan fingerprint density at radius 3 is 2.92 bits per heavy atom. The molecule has 2 aliphatic heterocycles. The van der Waals surface area contributed by atoms with Gasteiger partial charge < -0.3 is 20.3 Å². The number of rotatable bonds is 9. The predicted molar refractivity (Wildman–Crippen MR) is 133 cm³/mol. The maximum Gasteiger partial charge on any atom is 0.163 e. The Bertz CT molecular complexity index is 950. The van der Waals surface area contributed by atoms with Crippen LogP contribution in [0.2, 0.25) is 0 Å². The zero-order valence-corrected chi connectivity index (χ0v) is 21.0. The molecule has 0 bridgehead atoms. The van der Waals surface area contributed by atoms with Crippen LogP contribution in [0.3, 0.4) is 0 Å². The second kappa shape index (κ2) is 11.1. The summed E-state index contributed by atoms with van der Waals surface area (Å²) in [5.74, 6) is 1.12. The highest BCUT2D eigenvalue weighted by Gasteiger charge is 2.52. The number of hydrazine groups is 1. The Morgan fingerprint density at radius 1 is 1.33 bits per heavy atom. The van der Waals surface area contributed by atoms with E-state index in [0.717, 1.165) is 35.2 Å². The molecule has 0 radical (unpaired) electrons. The fraction of sp³-hybridized carbons (Fsp3) is 0.750. The van der Waals surface area contributed by atoms with Crippen LogP contribution in [-0.4, -0.2) is 94.0 Å². The topological polar surface area (TPSA) is 102 Å². The van der Waals surface area contributed by atoms with E-state index in [-0.39, 0.29) is 43.2 Å². The lowest BCUT2D eigenvalue weighted by Gasteiger charge is -2.51. The molecule has 200 valence electrons. The SMILES string of the molecule is CCCSC1=NC2C(NN2[C@@H]2C[C@H](OCC(F)CO)[C@@H](O)C2)C(=N[C@@H]2C[C@H]2C2=CC=C(F)C(F)C2)N1. The molecule has 36 heavy (non-hydrogen) atoms. The number of alkyl halides is 2. The molecule has 0 aromatic carbocycles. The van der Waals surface area contributed by atoms with Gasteiger partial charge in [-0.2, -0.15) is 0 Å². The molecular weight excluding hydrogens is 495 g/mol. The number of hydrogen-bond acceptors (Lipinski definition) is 8. The monoisotopic (exact) mass is 529 g/mol. The molecule has 0 aromatic heterocycles. The molecule has 9 atom stereocenters. The minimum absolute atomic E-state index is 0.0267. The Kier molecular flexibility index (Phi) is 8.09. The van der Waals surface area contributed by atoms with E-state index in [0.29, 0.717) is 12.8 Å². The molecule has 4 N–H and O–H groups in total. The standard InChI is InChI=1S/C24H34F3N5O3S/c1-2-5-36-24-29-22(28-18-9-15(18)12-3-4-16(26)17(27)6-12)21-23(30-24)32(31-21)14-7-19(34)20(8-14)35-11-13(25)10-33/h3-4,13-15,17-21,23,31,33-34H,2,5-11H2,1H3,(H,28,29,30)/t13?,14-,15-,17?,18+,19-,20-,21?,23?/m0/s1. The molecule has 3 fully saturated rings. The molecule has 0 aromatic rings. The van der Waals surface area contributed by atoms with E-state index in [4.69, 9.17) is 19.8 Å². The van der Waals surface area contributed by atoms with Gasteiger partial charge in [0, 0.05) is 24.1 Å². The van der Waals surface area contributed by atoms with Gasteiger partial charge in [-0.3, -0.25) is 4.99 Å². The summed E-state index contributed by atoms with van der Waals surface area (Å²) in [6.07, 6.45) is 1.38. The second-order valence-corrected chi connectivity index (χ2v) is 11.2. The van der Waals surface area contributed by atoms with Crippen LogP contribution in [-0.2, 0) is 4.74 Å². The summed E-state index contributed by atoms with van der Waals surface area (Å²) in [4.78, 5) is 9.82. The number of halogens is 3. The summed E-state index contributed by atoms with van der Waals surface area (Å²) in [6, 6.07) is -0.146. The Balaban J connectivity index is 1.24. The van der Waals surface area contributed by atoms with Crippen molar-refractivity contribution in [2.45, 2.75) is 87.9 Å². The van der Waals surface area contributed by atoms with Crippen molar-refractivity contribution in [3.05, 3.63) is 23.6 Å². The number of hydrogen-bond donors (Lipinski definition) is 4. The van der Waals surface area contributed by atoms with Crippen molar-refractivity contribution in [1.82, 2.24) is 15.8 Å². The molecule has 0 spiro atoms. The van der Waals surface area contributed by atoms with E-state index in [1.807, 2.05) is 5.01 Å². The molecule has 1 saturated heterocycles. The van der Waals surface area contributed by atoms with Crippen LogP contribution in [0.25, 0.3) is 0 Å². The first-order chi connectivity index (χ1) is 17.4. The van der Waals surface area contributed by atoms with Gasteiger partial charge >= 0.3 is 0 Å². The number of nitrogens with zero attached hydrogens (tertiary/aromatic N) is 3. The van der Waals surface area contributed by atoms with Crippen LogP contribution < -0.4 is 10.7 Å². The van der Waals surface area contributed by atoms with Crippen LogP contribution in [0.5, 0.6) is 0 Å². The number of aliphatic imine (C=N–C) groups is 2. The normalized spacial score (nSPS) is 40.1. The van der Waals surface area contributed by atoms with Gasteiger partial charge in [-0.25, -0.2) is 28.6 Å². The number of nitrogens with one attached hydrogen (secondary N) is 2. The first-order valence-electron chi connectivity index (χ1n) is 12.7. The third kappa shape index (κ3) is 5.53. The van der Waals surface area contributed by atoms with Crippen molar-refractivity contribution in [3.8, 4) is 0 Å². The molecular formula is C24H34F3N5O3S. The lowest BCUT2D eigenvalue weighted by Crippen LogP contribution is -2.77. The highest BCUT2D eigenvalue weighted by atomic mass is 32.2. The zero-order valence-electron chi connectivity index (χ0n) is 20.2. The Hall–Kier alpha value is -1.44. The maximum atomic E-state index is 13.8. The maximum absolute atomic E-state index is 13.8.